The summed E-state index contributed by atoms with van der Waals surface area (Å²) < 4.78 is 41.1. The summed E-state index contributed by atoms with van der Waals surface area (Å²) in [6.45, 7) is 1.56. The summed E-state index contributed by atoms with van der Waals surface area (Å²) in [6, 6.07) is 6.65. The molecule has 0 unspecified atom stereocenters. The molecule has 100 valence electrons. The number of nitrogens with one attached hydrogen (secondary N) is 1. The second-order valence-electron chi connectivity index (χ2n) is 4.17. The molecule has 2 aromatic carbocycles. The predicted molar refractivity (Wildman–Crippen MR) is 72.5 cm³/mol. The van der Waals surface area contributed by atoms with Crippen LogP contribution in [0.5, 0.6) is 0 Å². The molecule has 0 heterocycles. The molecule has 0 fully saturated rings. The molecule has 0 saturated carbocycles. The van der Waals surface area contributed by atoms with E-state index < -0.39 is 17.5 Å². The summed E-state index contributed by atoms with van der Waals surface area (Å²) in [6.07, 6.45) is 0. The Balaban J connectivity index is 2.19. The summed E-state index contributed by atoms with van der Waals surface area (Å²) in [5.74, 6) is -1.46. The monoisotopic (exact) mass is 329 g/mol. The van der Waals surface area contributed by atoms with Crippen molar-refractivity contribution in [3.8, 4) is 0 Å². The van der Waals surface area contributed by atoms with Crippen LogP contribution < -0.4 is 5.32 Å². The third-order valence-electron chi connectivity index (χ3n) is 2.73. The van der Waals surface area contributed by atoms with Crippen LogP contribution in [0, 0.1) is 24.4 Å². The van der Waals surface area contributed by atoms with Gasteiger partial charge in [-0.15, -0.1) is 0 Å². The molecule has 0 atom stereocenters. The van der Waals surface area contributed by atoms with Gasteiger partial charge in [0.25, 0.3) is 0 Å². The Bertz CT molecular complexity index is 614. The third-order valence-corrected chi connectivity index (χ3v) is 3.22. The highest BCUT2D eigenvalue weighted by Gasteiger charge is 2.08. The Morgan fingerprint density at radius 1 is 1.00 bits per heavy atom. The Kier molecular flexibility index (Phi) is 4.14. The molecule has 0 saturated heterocycles. The van der Waals surface area contributed by atoms with Gasteiger partial charge in [-0.2, -0.15) is 0 Å². The average molecular weight is 330 g/mol. The van der Waals surface area contributed by atoms with Crippen LogP contribution in [-0.2, 0) is 6.54 Å². The maximum absolute atomic E-state index is 13.6. The van der Waals surface area contributed by atoms with Crippen LogP contribution in [0.1, 0.15) is 11.1 Å². The smallest absolute Gasteiger partial charge is 0.146 e. The number of hydrogen-bond acceptors (Lipinski definition) is 1. The first-order valence-corrected chi connectivity index (χ1v) is 6.40. The van der Waals surface area contributed by atoms with E-state index in [0.29, 0.717) is 5.56 Å². The standard InChI is InChI=1S/C14H11BrF3N/c1-8-4-13(18)14(6-12(8)17)19-7-9-5-10(15)2-3-11(9)16/h2-6,19H,7H2,1H3. The fraction of sp³-hybridized carbons (Fsp3) is 0.143. The zero-order chi connectivity index (χ0) is 14.0. The lowest BCUT2D eigenvalue weighted by Crippen LogP contribution is -2.04. The third kappa shape index (κ3) is 3.29. The van der Waals surface area contributed by atoms with Crippen LogP contribution in [0.15, 0.2) is 34.8 Å². The molecule has 0 amide bonds. The van der Waals surface area contributed by atoms with Crippen LogP contribution in [0.2, 0.25) is 0 Å². The Morgan fingerprint density at radius 2 is 1.74 bits per heavy atom. The van der Waals surface area contributed by atoms with Crippen LogP contribution in [0.3, 0.4) is 0 Å². The van der Waals surface area contributed by atoms with Crippen LogP contribution >= 0.6 is 15.9 Å². The van der Waals surface area contributed by atoms with Gasteiger partial charge >= 0.3 is 0 Å². The number of rotatable bonds is 3. The first-order chi connectivity index (χ1) is 8.97. The molecular weight excluding hydrogens is 319 g/mol. The van der Waals surface area contributed by atoms with Gasteiger partial charge in [-0.3, -0.25) is 0 Å². The van der Waals surface area contributed by atoms with E-state index in [1.54, 1.807) is 12.1 Å². The topological polar surface area (TPSA) is 12.0 Å². The van der Waals surface area contributed by atoms with Gasteiger partial charge < -0.3 is 5.32 Å². The first kappa shape index (κ1) is 13.9. The molecule has 1 N–H and O–H groups in total. The quantitative estimate of drug-likeness (QED) is 0.853. The first-order valence-electron chi connectivity index (χ1n) is 5.61. The van der Waals surface area contributed by atoms with E-state index in [9.17, 15) is 13.2 Å². The molecule has 0 aliphatic carbocycles. The highest BCUT2D eigenvalue weighted by molar-refractivity contribution is 9.10. The van der Waals surface area contributed by atoms with Crippen LogP contribution in [-0.4, -0.2) is 0 Å². The fourth-order valence-electron chi connectivity index (χ4n) is 1.65. The number of anilines is 1. The van der Waals surface area contributed by atoms with Gasteiger partial charge in [0.1, 0.15) is 17.5 Å². The minimum atomic E-state index is -0.561. The second kappa shape index (κ2) is 5.65. The summed E-state index contributed by atoms with van der Waals surface area (Å²) >= 11 is 3.23. The van der Waals surface area contributed by atoms with Gasteiger partial charge in [0.2, 0.25) is 0 Å². The molecule has 19 heavy (non-hydrogen) atoms. The summed E-state index contributed by atoms with van der Waals surface area (Å²) in [5.41, 5.74) is 0.619. The summed E-state index contributed by atoms with van der Waals surface area (Å²) in [4.78, 5) is 0. The van der Waals surface area contributed by atoms with Crippen molar-refractivity contribution in [1.29, 1.82) is 0 Å². The molecule has 2 rings (SSSR count). The van der Waals surface area contributed by atoms with Crippen LogP contribution in [0.25, 0.3) is 0 Å². The summed E-state index contributed by atoms with van der Waals surface area (Å²) in [7, 11) is 0. The van der Waals surface area contributed by atoms with E-state index in [-0.39, 0.29) is 17.8 Å². The minimum absolute atomic E-state index is 0.0162. The average Bonchev–Trinajstić information content (AvgIpc) is 2.36. The van der Waals surface area contributed by atoms with E-state index in [0.717, 1.165) is 16.6 Å². The number of halogens is 4. The van der Waals surface area contributed by atoms with Gasteiger partial charge in [0.15, 0.2) is 0 Å². The molecule has 0 aliphatic rings. The summed E-state index contributed by atoms with van der Waals surface area (Å²) in [5, 5.41) is 2.69. The van der Waals surface area contributed by atoms with E-state index in [1.807, 2.05) is 0 Å². The van der Waals surface area contributed by atoms with E-state index in [4.69, 9.17) is 0 Å². The minimum Gasteiger partial charge on any atom is -0.378 e. The number of benzene rings is 2. The Labute approximate surface area is 117 Å². The van der Waals surface area contributed by atoms with Crippen molar-refractivity contribution in [3.05, 3.63) is 63.4 Å². The SMILES string of the molecule is Cc1cc(F)c(NCc2cc(Br)ccc2F)cc1F. The van der Waals surface area contributed by atoms with Crippen molar-refractivity contribution in [2.24, 2.45) is 0 Å². The van der Waals surface area contributed by atoms with Crippen LogP contribution in [0.4, 0.5) is 18.9 Å². The molecular formula is C14H11BrF3N. The lowest BCUT2D eigenvalue weighted by atomic mass is 10.2. The lowest BCUT2D eigenvalue weighted by molar-refractivity contribution is 0.593. The van der Waals surface area contributed by atoms with Crippen molar-refractivity contribution >= 4 is 21.6 Å². The van der Waals surface area contributed by atoms with Gasteiger partial charge in [-0.05, 0) is 36.8 Å². The molecule has 0 radical (unpaired) electrons. The van der Waals surface area contributed by atoms with Gasteiger partial charge in [-0.25, -0.2) is 13.2 Å². The van der Waals surface area contributed by atoms with Gasteiger partial charge in [0.05, 0.1) is 5.69 Å². The molecule has 5 heteroatoms. The highest BCUT2D eigenvalue weighted by Crippen LogP contribution is 2.21. The molecule has 2 aromatic rings. The molecule has 1 nitrogen and oxygen atoms in total. The van der Waals surface area contributed by atoms with Crippen molar-refractivity contribution in [1.82, 2.24) is 0 Å². The number of aryl methyl sites for hydroxylation is 1. The van der Waals surface area contributed by atoms with E-state index >= 15 is 0 Å². The maximum atomic E-state index is 13.6. The van der Waals surface area contributed by atoms with E-state index in [2.05, 4.69) is 21.2 Å². The fourth-order valence-corrected chi connectivity index (χ4v) is 2.06. The largest absolute Gasteiger partial charge is 0.378 e. The van der Waals surface area contributed by atoms with E-state index in [1.165, 1.54) is 13.0 Å². The van der Waals surface area contributed by atoms with Gasteiger partial charge in [0, 0.05) is 22.6 Å². The van der Waals surface area contributed by atoms with Crippen molar-refractivity contribution in [3.63, 3.8) is 0 Å². The molecule has 0 spiro atoms. The number of hydrogen-bond donors (Lipinski definition) is 1. The molecule has 0 bridgehead atoms. The predicted octanol–water partition coefficient (Wildman–Crippen LogP) is 4.79. The normalized spacial score (nSPS) is 10.6. The second-order valence-corrected chi connectivity index (χ2v) is 5.09. The van der Waals surface area contributed by atoms with Gasteiger partial charge in [-0.1, -0.05) is 15.9 Å². The zero-order valence-electron chi connectivity index (χ0n) is 10.1. The molecule has 0 aromatic heterocycles. The van der Waals surface area contributed by atoms with Crippen molar-refractivity contribution in [2.75, 3.05) is 5.32 Å². The molecule has 0 aliphatic heterocycles. The maximum Gasteiger partial charge on any atom is 0.146 e. The lowest BCUT2D eigenvalue weighted by Gasteiger charge is -2.10. The van der Waals surface area contributed by atoms with Crippen molar-refractivity contribution < 1.29 is 13.2 Å². The Morgan fingerprint density at radius 3 is 2.47 bits per heavy atom. The highest BCUT2D eigenvalue weighted by atomic mass is 79.9. The Hall–Kier alpha value is -1.49. The van der Waals surface area contributed by atoms with Crippen molar-refractivity contribution in [2.45, 2.75) is 13.5 Å². The zero-order valence-corrected chi connectivity index (χ0v) is 11.7.